The molecule has 2 aromatic heterocycles. The zero-order valence-corrected chi connectivity index (χ0v) is 20.4. The Hall–Kier alpha value is -2.77. The molecule has 1 saturated heterocycles. The average Bonchev–Trinajstić information content (AvgIpc) is 3.56. The summed E-state index contributed by atoms with van der Waals surface area (Å²) < 4.78 is 14.5. The summed E-state index contributed by atoms with van der Waals surface area (Å²) in [6, 6.07) is 3.27. The van der Waals surface area contributed by atoms with Crippen molar-refractivity contribution in [2.75, 3.05) is 25.0 Å². The van der Waals surface area contributed by atoms with Gasteiger partial charge < -0.3 is 15.2 Å². The van der Waals surface area contributed by atoms with Crippen molar-refractivity contribution in [2.24, 2.45) is 17.8 Å². The highest BCUT2D eigenvalue weighted by Gasteiger charge is 2.58. The van der Waals surface area contributed by atoms with Crippen molar-refractivity contribution in [3.05, 3.63) is 51.2 Å². The maximum absolute atomic E-state index is 14.5. The zero-order chi connectivity index (χ0) is 24.2. The highest BCUT2D eigenvalue weighted by Crippen LogP contribution is 2.63. The van der Waals surface area contributed by atoms with Crippen LogP contribution in [0.1, 0.15) is 78.9 Å². The van der Waals surface area contributed by atoms with Gasteiger partial charge in [0.2, 0.25) is 5.95 Å². The summed E-state index contributed by atoms with van der Waals surface area (Å²) in [5, 5.41) is 2.48. The number of aromatic amines is 1. The van der Waals surface area contributed by atoms with Crippen molar-refractivity contribution in [1.82, 2.24) is 20.3 Å². The van der Waals surface area contributed by atoms with Crippen molar-refractivity contribution in [3.8, 4) is 0 Å². The third kappa shape index (κ3) is 3.95. The molecule has 2 bridgehead atoms. The fourth-order valence-corrected chi connectivity index (χ4v) is 7.26. The fourth-order valence-electron chi connectivity index (χ4n) is 7.26. The maximum Gasteiger partial charge on any atom is 0.269 e. The smallest absolute Gasteiger partial charge is 0.269 e. The SMILES string of the molecule is CNC(=O)c1ccc(N2CCC(CCC3CC4(c5nc6c(c(=O)[nH]5)CCC6)CC3C4)CC2)c(F)n1. The predicted octanol–water partition coefficient (Wildman–Crippen LogP) is 3.52. The Bertz CT molecular complexity index is 1200. The largest absolute Gasteiger partial charge is 0.368 e. The molecule has 4 fully saturated rings. The summed E-state index contributed by atoms with van der Waals surface area (Å²) in [5.74, 6) is 2.18. The lowest BCUT2D eigenvalue weighted by molar-refractivity contribution is 0.0957. The molecule has 0 spiro atoms. The number of halogens is 1. The van der Waals surface area contributed by atoms with E-state index in [9.17, 15) is 14.0 Å². The minimum absolute atomic E-state index is 0.102. The van der Waals surface area contributed by atoms with Crippen LogP contribution in [0, 0.1) is 23.7 Å². The van der Waals surface area contributed by atoms with Crippen LogP contribution in [0.5, 0.6) is 0 Å². The van der Waals surface area contributed by atoms with Gasteiger partial charge >= 0.3 is 0 Å². The first kappa shape index (κ1) is 22.7. The van der Waals surface area contributed by atoms with Gasteiger partial charge in [0.1, 0.15) is 11.5 Å². The summed E-state index contributed by atoms with van der Waals surface area (Å²) >= 11 is 0. The number of nitrogens with zero attached hydrogens (tertiary/aromatic N) is 3. The number of hydrogen-bond donors (Lipinski definition) is 2. The van der Waals surface area contributed by atoms with Crippen molar-refractivity contribution in [2.45, 2.75) is 69.6 Å². The third-order valence-electron chi connectivity index (χ3n) is 9.26. The van der Waals surface area contributed by atoms with Crippen molar-refractivity contribution in [3.63, 3.8) is 0 Å². The first-order valence-corrected chi connectivity index (χ1v) is 13.2. The summed E-state index contributed by atoms with van der Waals surface area (Å²) in [6.45, 7) is 1.64. The van der Waals surface area contributed by atoms with Gasteiger partial charge in [0.15, 0.2) is 0 Å². The topological polar surface area (TPSA) is 91.0 Å². The van der Waals surface area contributed by atoms with Crippen LogP contribution in [0.2, 0.25) is 0 Å². The number of rotatable bonds is 6. The van der Waals surface area contributed by atoms with Crippen LogP contribution in [0.3, 0.4) is 0 Å². The maximum atomic E-state index is 14.5. The predicted molar refractivity (Wildman–Crippen MR) is 131 cm³/mol. The lowest BCUT2D eigenvalue weighted by atomic mass is 9.68. The lowest BCUT2D eigenvalue weighted by Crippen LogP contribution is -2.37. The van der Waals surface area contributed by atoms with Crippen LogP contribution in [0.15, 0.2) is 16.9 Å². The molecule has 5 aliphatic rings. The van der Waals surface area contributed by atoms with E-state index in [-0.39, 0.29) is 22.6 Å². The van der Waals surface area contributed by atoms with E-state index in [1.165, 1.54) is 32.7 Å². The highest BCUT2D eigenvalue weighted by atomic mass is 19.1. The van der Waals surface area contributed by atoms with E-state index in [1.807, 2.05) is 0 Å². The molecule has 1 atom stereocenters. The number of H-pyrrole nitrogens is 1. The third-order valence-corrected chi connectivity index (χ3v) is 9.26. The molecule has 0 aromatic carbocycles. The lowest BCUT2D eigenvalue weighted by Gasteiger charge is -2.38. The van der Waals surface area contributed by atoms with Gasteiger partial charge in [-0.3, -0.25) is 9.59 Å². The Kier molecular flexibility index (Phi) is 5.65. The number of carbonyl (C=O) groups excluding carboxylic acids is 1. The summed E-state index contributed by atoms with van der Waals surface area (Å²) in [4.78, 5) is 38.2. The van der Waals surface area contributed by atoms with Crippen LogP contribution in [0.25, 0.3) is 0 Å². The summed E-state index contributed by atoms with van der Waals surface area (Å²) in [7, 11) is 1.51. The molecule has 186 valence electrons. The van der Waals surface area contributed by atoms with Crippen molar-refractivity contribution >= 4 is 11.6 Å². The van der Waals surface area contributed by atoms with Gasteiger partial charge in [0.05, 0.1) is 11.4 Å². The quantitative estimate of drug-likeness (QED) is 0.619. The number of aryl methyl sites for hydroxylation is 1. The van der Waals surface area contributed by atoms with Crippen molar-refractivity contribution in [1.29, 1.82) is 0 Å². The number of amides is 1. The second-order valence-corrected chi connectivity index (χ2v) is 11.2. The van der Waals surface area contributed by atoms with Gasteiger partial charge in [-0.2, -0.15) is 4.39 Å². The number of nitrogens with one attached hydrogen (secondary N) is 2. The van der Waals surface area contributed by atoms with Crippen LogP contribution in [0.4, 0.5) is 10.1 Å². The molecule has 3 heterocycles. The number of anilines is 1. The minimum atomic E-state index is -0.571. The molecule has 1 aliphatic heterocycles. The molecule has 2 aromatic rings. The molecule has 4 aliphatic carbocycles. The highest BCUT2D eigenvalue weighted by molar-refractivity contribution is 5.92. The molecular weight excluding hydrogens is 445 g/mol. The number of hydrogen-bond acceptors (Lipinski definition) is 5. The monoisotopic (exact) mass is 479 g/mol. The molecule has 3 saturated carbocycles. The number of aromatic nitrogens is 3. The first-order valence-electron chi connectivity index (χ1n) is 13.2. The van der Waals surface area contributed by atoms with Crippen LogP contribution >= 0.6 is 0 Å². The standard InChI is InChI=1S/C27H34FN5O2/c1-29-25(35)21-7-8-22(23(28)30-21)33-11-9-16(10-12-33)5-6-17-13-27(14-18(17)15-27)26-31-20-4-2-3-19(20)24(34)32-26/h7-8,16-18H,2-6,9-15H2,1H3,(H,29,35)(H,31,32,34). The summed E-state index contributed by atoms with van der Waals surface area (Å²) in [5.41, 5.74) is 2.78. The van der Waals surface area contributed by atoms with E-state index in [0.717, 1.165) is 80.5 Å². The fraction of sp³-hybridized carbons (Fsp3) is 0.630. The van der Waals surface area contributed by atoms with E-state index < -0.39 is 5.95 Å². The van der Waals surface area contributed by atoms with Gasteiger partial charge in [-0.1, -0.05) is 6.42 Å². The van der Waals surface area contributed by atoms with E-state index in [1.54, 1.807) is 12.1 Å². The van der Waals surface area contributed by atoms with E-state index in [2.05, 4.69) is 20.2 Å². The molecular formula is C27H34FN5O2. The normalized spacial score (nSPS) is 27.5. The molecule has 8 heteroatoms. The van der Waals surface area contributed by atoms with Gasteiger partial charge in [-0.05, 0) is 87.7 Å². The number of fused-ring (bicyclic) bond motifs is 2. The molecule has 1 unspecified atom stereocenters. The number of pyridine rings is 1. The average molecular weight is 480 g/mol. The van der Waals surface area contributed by atoms with E-state index in [4.69, 9.17) is 4.98 Å². The van der Waals surface area contributed by atoms with Gasteiger partial charge in [0.25, 0.3) is 11.5 Å². The zero-order valence-electron chi connectivity index (χ0n) is 20.4. The van der Waals surface area contributed by atoms with Gasteiger partial charge in [-0.15, -0.1) is 0 Å². The summed E-state index contributed by atoms with van der Waals surface area (Å²) in [6.07, 6.45) is 11.0. The van der Waals surface area contributed by atoms with Crippen LogP contribution < -0.4 is 15.8 Å². The van der Waals surface area contributed by atoms with Crippen LogP contribution in [-0.4, -0.2) is 41.0 Å². The Morgan fingerprint density at radius 3 is 2.71 bits per heavy atom. The second-order valence-electron chi connectivity index (χ2n) is 11.2. The molecule has 35 heavy (non-hydrogen) atoms. The first-order chi connectivity index (χ1) is 17.0. The number of piperidine rings is 1. The Morgan fingerprint density at radius 1 is 1.17 bits per heavy atom. The van der Waals surface area contributed by atoms with E-state index in [0.29, 0.717) is 11.6 Å². The Morgan fingerprint density at radius 2 is 1.97 bits per heavy atom. The molecule has 1 amide bonds. The van der Waals surface area contributed by atoms with Gasteiger partial charge in [0, 0.05) is 31.1 Å². The van der Waals surface area contributed by atoms with E-state index >= 15 is 0 Å². The Labute approximate surface area is 204 Å². The molecule has 7 rings (SSSR count). The van der Waals surface area contributed by atoms with Crippen LogP contribution in [-0.2, 0) is 18.3 Å². The number of carbonyl (C=O) groups is 1. The Balaban J connectivity index is 1.02. The minimum Gasteiger partial charge on any atom is -0.368 e. The molecule has 2 N–H and O–H groups in total. The van der Waals surface area contributed by atoms with Gasteiger partial charge in [-0.25, -0.2) is 9.97 Å². The van der Waals surface area contributed by atoms with Crippen molar-refractivity contribution < 1.29 is 9.18 Å². The second kappa shape index (κ2) is 8.71. The molecule has 7 nitrogen and oxygen atoms in total. The molecule has 0 radical (unpaired) electrons.